The van der Waals surface area contributed by atoms with Gasteiger partial charge in [-0.1, -0.05) is 0 Å². The molecular weight excluding hydrogens is 515 g/mol. The molecule has 0 aromatic heterocycles. The third-order valence-corrected chi connectivity index (χ3v) is 17.2. The summed E-state index contributed by atoms with van der Waals surface area (Å²) in [5.74, 6) is 0. The van der Waals surface area contributed by atoms with Crippen molar-refractivity contribution in [3.8, 4) is 11.1 Å². The van der Waals surface area contributed by atoms with Crippen molar-refractivity contribution in [2.24, 2.45) is 0 Å². The number of rotatable bonds is 4. The van der Waals surface area contributed by atoms with E-state index in [1.54, 1.807) is 22.3 Å². The predicted octanol–water partition coefficient (Wildman–Crippen LogP) is 0.277. The van der Waals surface area contributed by atoms with Gasteiger partial charge in [0.2, 0.25) is 0 Å². The molecule has 0 radical (unpaired) electrons. The van der Waals surface area contributed by atoms with Gasteiger partial charge in [-0.05, 0) is 11.0 Å². The van der Waals surface area contributed by atoms with Crippen LogP contribution in [0.5, 0.6) is 0 Å². The van der Waals surface area contributed by atoms with E-state index < -0.39 is 20.3 Å². The van der Waals surface area contributed by atoms with Gasteiger partial charge >= 0.3 is 174 Å². The second kappa shape index (κ2) is 10.2. The van der Waals surface area contributed by atoms with Gasteiger partial charge in [0.15, 0.2) is 0 Å². The molecule has 3 aromatic carbocycles. The fourth-order valence-electron chi connectivity index (χ4n) is 5.73. The molecule has 0 nitrogen and oxygen atoms in total. The van der Waals surface area contributed by atoms with Crippen molar-refractivity contribution < 1.29 is 45.1 Å². The molecule has 3 aromatic rings. The summed E-state index contributed by atoms with van der Waals surface area (Å²) in [5, 5.41) is 0. The van der Waals surface area contributed by atoms with E-state index in [0.29, 0.717) is 7.25 Å². The molecule has 0 saturated carbocycles. The van der Waals surface area contributed by atoms with Crippen LogP contribution >= 0.6 is 0 Å². The van der Waals surface area contributed by atoms with Crippen molar-refractivity contribution >= 4 is 17.0 Å². The number of hydrogen-bond acceptors (Lipinski definition) is 0. The van der Waals surface area contributed by atoms with Crippen LogP contribution in [-0.4, -0.2) is 11.0 Å². The second-order valence-electron chi connectivity index (χ2n) is 8.70. The quantitative estimate of drug-likeness (QED) is 0.327. The fraction of sp³-hybridized carbons (Fsp3) is 0.185. The van der Waals surface area contributed by atoms with E-state index in [0.717, 1.165) is 6.42 Å². The van der Waals surface area contributed by atoms with Crippen LogP contribution in [0.3, 0.4) is 0 Å². The molecule has 0 saturated heterocycles. The molecule has 4 heteroatoms. The summed E-state index contributed by atoms with van der Waals surface area (Å²) < 4.78 is 6.53. The van der Waals surface area contributed by atoms with Crippen LogP contribution < -0.4 is 24.8 Å². The van der Waals surface area contributed by atoms with Crippen LogP contribution in [0, 0.1) is 0 Å². The van der Waals surface area contributed by atoms with Gasteiger partial charge in [0.05, 0.1) is 0 Å². The molecule has 2 aliphatic rings. The van der Waals surface area contributed by atoms with E-state index in [9.17, 15) is 0 Å². The summed E-state index contributed by atoms with van der Waals surface area (Å²) in [6.07, 6.45) is 5.53. The second-order valence-corrected chi connectivity index (χ2v) is 20.5. The minimum absolute atomic E-state index is 0. The molecular formula is C27H30Cl2SiZr. The Hall–Kier alpha value is -1.18. The van der Waals surface area contributed by atoms with Crippen LogP contribution in [0.1, 0.15) is 35.9 Å². The molecule has 0 heterocycles. The largest absolute Gasteiger partial charge is 1.00 e. The summed E-state index contributed by atoms with van der Waals surface area (Å²) in [5.41, 5.74) is 10.6. The number of benzene rings is 3. The number of fused-ring (bicyclic) bond motifs is 4. The third-order valence-electron chi connectivity index (χ3n) is 6.72. The Bertz CT molecular complexity index is 1070. The van der Waals surface area contributed by atoms with Crippen molar-refractivity contribution in [2.45, 2.75) is 22.9 Å². The normalized spacial score (nSPS) is 15.4. The van der Waals surface area contributed by atoms with Crippen molar-refractivity contribution in [3.63, 3.8) is 0 Å². The van der Waals surface area contributed by atoms with E-state index in [4.69, 9.17) is 0 Å². The zero-order valence-electron chi connectivity index (χ0n) is 17.4. The van der Waals surface area contributed by atoms with E-state index in [1.165, 1.54) is 16.7 Å². The first-order valence-corrected chi connectivity index (χ1v) is 18.0. The molecule has 160 valence electrons. The number of halogens is 2. The van der Waals surface area contributed by atoms with E-state index in [-0.39, 0.29) is 35.8 Å². The zero-order chi connectivity index (χ0) is 19.3. The van der Waals surface area contributed by atoms with E-state index >= 15 is 0 Å². The van der Waals surface area contributed by atoms with Crippen LogP contribution in [0.25, 0.3) is 17.2 Å². The van der Waals surface area contributed by atoms with E-state index in [2.05, 4.69) is 101 Å². The maximum atomic E-state index is 4.06. The van der Waals surface area contributed by atoms with Crippen LogP contribution in [0.4, 0.5) is 0 Å². The van der Waals surface area contributed by atoms with Gasteiger partial charge in [-0.25, -0.2) is 0 Å². The van der Waals surface area contributed by atoms with Gasteiger partial charge in [0.25, 0.3) is 0 Å². The molecule has 0 amide bonds. The molecule has 0 bridgehead atoms. The number of hydrogen-bond donors (Lipinski definition) is 0. The Labute approximate surface area is 208 Å². The monoisotopic (exact) mass is 542 g/mol. The van der Waals surface area contributed by atoms with Crippen LogP contribution in [-0.2, 0) is 20.3 Å². The van der Waals surface area contributed by atoms with Gasteiger partial charge in [0.1, 0.15) is 0 Å². The number of allylic oxidation sites excluding steroid dienone is 2. The molecule has 0 fully saturated rings. The van der Waals surface area contributed by atoms with Gasteiger partial charge < -0.3 is 24.8 Å². The summed E-state index contributed by atoms with van der Waals surface area (Å²) in [4.78, 5) is 0. The Morgan fingerprint density at radius 2 is 1.23 bits per heavy atom. The molecule has 0 spiro atoms. The van der Waals surface area contributed by atoms with E-state index in [1.807, 2.05) is 0 Å². The summed E-state index contributed by atoms with van der Waals surface area (Å²) in [6.45, 7) is 4.06. The average molecular weight is 545 g/mol. The standard InChI is InChI=1S/C13H9.C12H11.2CH3.2ClH.H4Si.Zr/c1-3-7-12-10(5-1)9-11-6-2-4-8-13(11)12;1-2-5-10-8-11-6-3-4-7-12(11)9-10;;;;;;/h1-9H;2-4,6-9H,1,5H2;2*1H3;2*1H;1H4;/q;;;;;;;+2/p-2. The Morgan fingerprint density at radius 3 is 1.77 bits per heavy atom. The Balaban J connectivity index is 0.00000114. The molecule has 0 N–H and O–H groups in total. The summed E-state index contributed by atoms with van der Waals surface area (Å²) in [6, 6.07) is 27.3. The fourth-order valence-corrected chi connectivity index (χ4v) is 17.2. The first-order valence-electron chi connectivity index (χ1n) is 10.2. The van der Waals surface area contributed by atoms with Crippen LogP contribution in [0.15, 0.2) is 91.0 Å². The van der Waals surface area contributed by atoms with Gasteiger partial charge in [-0.2, -0.15) is 0 Å². The topological polar surface area (TPSA) is 0 Å². The van der Waals surface area contributed by atoms with Crippen molar-refractivity contribution in [3.05, 3.63) is 113 Å². The first kappa shape index (κ1) is 26.1. The molecule has 31 heavy (non-hydrogen) atoms. The zero-order valence-corrected chi connectivity index (χ0v) is 21.4. The SMILES string of the molecule is C=CCC1=Cc2ccccc2[CH]1[Zr+2]([CH3])([CH3])[CH]1c2ccccc2-c2ccccc21.[Cl-].[Cl-].[SiH4]. The Morgan fingerprint density at radius 1 is 0.742 bits per heavy atom. The van der Waals surface area contributed by atoms with Crippen molar-refractivity contribution in [1.82, 2.24) is 0 Å². The maximum absolute atomic E-state index is 4.06. The first-order chi connectivity index (χ1) is 13.6. The van der Waals surface area contributed by atoms with Gasteiger partial charge in [-0.15, -0.1) is 0 Å². The van der Waals surface area contributed by atoms with Crippen molar-refractivity contribution in [2.75, 3.05) is 0 Å². The summed E-state index contributed by atoms with van der Waals surface area (Å²) >= 11 is -2.76. The molecule has 0 aliphatic heterocycles. The third kappa shape index (κ3) is 4.13. The summed E-state index contributed by atoms with van der Waals surface area (Å²) in [7, 11) is 0. The molecule has 1 unspecified atom stereocenters. The predicted molar refractivity (Wildman–Crippen MR) is 129 cm³/mol. The molecule has 2 aliphatic carbocycles. The average Bonchev–Trinajstić information content (AvgIpc) is 3.24. The minimum Gasteiger partial charge on any atom is -1.00 e. The van der Waals surface area contributed by atoms with Gasteiger partial charge in [-0.3, -0.25) is 0 Å². The molecule has 1 atom stereocenters. The van der Waals surface area contributed by atoms with Gasteiger partial charge in [0, 0.05) is 0 Å². The van der Waals surface area contributed by atoms with Crippen molar-refractivity contribution in [1.29, 1.82) is 0 Å². The van der Waals surface area contributed by atoms with Crippen LogP contribution in [0.2, 0.25) is 9.26 Å². The molecule has 5 rings (SSSR count). The minimum atomic E-state index is -2.76. The maximum Gasteiger partial charge on any atom is -0.0149 e. The Kier molecular flexibility index (Phi) is 8.56. The smallest absolute Gasteiger partial charge is 0.0149 e.